The molecule has 6 nitrogen and oxygen atoms in total. The molecule has 4 atom stereocenters. The molecule has 0 unspecified atom stereocenters. The van der Waals surface area contributed by atoms with E-state index in [1.807, 2.05) is 56.0 Å². The van der Waals surface area contributed by atoms with Crippen LogP contribution in [0.15, 0.2) is 30.3 Å². The number of β-amino-alcohol motifs (C(OH)–C–C–N with tert-alkyl or cyclic N) is 1. The molecule has 1 amide bonds. The summed E-state index contributed by atoms with van der Waals surface area (Å²) in [5.74, 6) is -0.111. The van der Waals surface area contributed by atoms with E-state index in [0.29, 0.717) is 32.4 Å². The maximum atomic E-state index is 12.6. The van der Waals surface area contributed by atoms with Crippen molar-refractivity contribution in [2.45, 2.75) is 69.9 Å². The first-order valence-corrected chi connectivity index (χ1v) is 9.37. The molecular formula is C20H33N3O3. The first-order chi connectivity index (χ1) is 12.2. The van der Waals surface area contributed by atoms with Crippen LogP contribution in [0.2, 0.25) is 0 Å². The van der Waals surface area contributed by atoms with Crippen LogP contribution in [0.25, 0.3) is 0 Å². The minimum absolute atomic E-state index is 0.111. The second-order valence-electron chi connectivity index (χ2n) is 8.35. The third-order valence-electron chi connectivity index (χ3n) is 4.72. The number of nitrogens with zero attached hydrogens (tertiary/aromatic N) is 1. The average Bonchev–Trinajstić information content (AvgIpc) is 2.55. The summed E-state index contributed by atoms with van der Waals surface area (Å²) in [5, 5.41) is 23.5. The molecule has 0 aromatic heterocycles. The quantitative estimate of drug-likeness (QED) is 0.595. The number of nitrogens with one attached hydrogen (secondary N) is 1. The lowest BCUT2D eigenvalue weighted by molar-refractivity contribution is -0.132. The second-order valence-corrected chi connectivity index (χ2v) is 8.35. The summed E-state index contributed by atoms with van der Waals surface area (Å²) < 4.78 is 0. The van der Waals surface area contributed by atoms with Crippen molar-refractivity contribution in [3.63, 3.8) is 0 Å². The Labute approximate surface area is 156 Å². The third kappa shape index (κ3) is 6.36. The lowest BCUT2D eigenvalue weighted by Crippen LogP contribution is -2.58. The van der Waals surface area contributed by atoms with Crippen molar-refractivity contribution in [3.8, 4) is 0 Å². The zero-order chi connectivity index (χ0) is 19.3. The molecule has 1 saturated heterocycles. The topological polar surface area (TPSA) is 98.8 Å². The van der Waals surface area contributed by atoms with Gasteiger partial charge in [0.1, 0.15) is 0 Å². The first kappa shape index (κ1) is 20.8. The van der Waals surface area contributed by atoms with Gasteiger partial charge in [-0.05, 0) is 45.6 Å². The van der Waals surface area contributed by atoms with Crippen LogP contribution >= 0.6 is 0 Å². The molecule has 1 heterocycles. The number of nitrogens with two attached hydrogens (primary N) is 1. The van der Waals surface area contributed by atoms with Crippen LogP contribution in [0.3, 0.4) is 0 Å². The second kappa shape index (κ2) is 8.95. The minimum Gasteiger partial charge on any atom is -0.393 e. The Morgan fingerprint density at radius 1 is 1.35 bits per heavy atom. The molecule has 0 spiro atoms. The number of carbonyl (C=O) groups excluding carboxylic acids is 1. The van der Waals surface area contributed by atoms with Gasteiger partial charge >= 0.3 is 0 Å². The van der Waals surface area contributed by atoms with E-state index < -0.39 is 24.3 Å². The Balaban J connectivity index is 1.98. The predicted octanol–water partition coefficient (Wildman–Crippen LogP) is 0.657. The fourth-order valence-electron chi connectivity index (χ4n) is 3.34. The molecule has 146 valence electrons. The van der Waals surface area contributed by atoms with Crippen molar-refractivity contribution in [1.29, 1.82) is 0 Å². The molecule has 26 heavy (non-hydrogen) atoms. The van der Waals surface area contributed by atoms with Gasteiger partial charge in [0, 0.05) is 24.7 Å². The fraction of sp³-hybridized carbons (Fsp3) is 0.650. The summed E-state index contributed by atoms with van der Waals surface area (Å²) in [6.45, 7) is 6.68. The Hall–Kier alpha value is -1.47. The Kier molecular flexibility index (Phi) is 7.17. The fourth-order valence-corrected chi connectivity index (χ4v) is 3.34. The van der Waals surface area contributed by atoms with Crippen molar-refractivity contribution in [3.05, 3.63) is 35.9 Å². The molecule has 6 heteroatoms. The number of aliphatic hydroxyl groups excluding tert-OH is 2. The van der Waals surface area contributed by atoms with E-state index in [1.54, 1.807) is 0 Å². The van der Waals surface area contributed by atoms with Crippen molar-refractivity contribution >= 4 is 5.91 Å². The molecule has 5 N–H and O–H groups in total. The van der Waals surface area contributed by atoms with Gasteiger partial charge in [-0.1, -0.05) is 30.3 Å². The van der Waals surface area contributed by atoms with Crippen LogP contribution in [-0.2, 0) is 11.2 Å². The number of hydrogen-bond donors (Lipinski definition) is 4. The lowest BCUT2D eigenvalue weighted by atomic mass is 9.95. The Morgan fingerprint density at radius 3 is 2.62 bits per heavy atom. The first-order valence-electron chi connectivity index (χ1n) is 9.37. The number of carbonyl (C=O) groups is 1. The number of amides is 1. The number of aliphatic hydroxyl groups is 2. The highest BCUT2D eigenvalue weighted by Crippen LogP contribution is 2.20. The number of hydrogen-bond acceptors (Lipinski definition) is 5. The molecule has 0 saturated carbocycles. The molecule has 1 aromatic carbocycles. The highest BCUT2D eigenvalue weighted by molar-refractivity contribution is 5.82. The van der Waals surface area contributed by atoms with Gasteiger partial charge in [-0.25, -0.2) is 0 Å². The van der Waals surface area contributed by atoms with Gasteiger partial charge in [0.25, 0.3) is 0 Å². The molecule has 0 bridgehead atoms. The van der Waals surface area contributed by atoms with Crippen LogP contribution in [0.4, 0.5) is 0 Å². The van der Waals surface area contributed by atoms with Gasteiger partial charge in [-0.2, -0.15) is 0 Å². The van der Waals surface area contributed by atoms with Crippen molar-refractivity contribution in [2.24, 2.45) is 5.73 Å². The summed E-state index contributed by atoms with van der Waals surface area (Å²) in [7, 11) is 0. The summed E-state index contributed by atoms with van der Waals surface area (Å²) in [6.07, 6.45) is 0.326. The highest BCUT2D eigenvalue weighted by atomic mass is 16.3. The largest absolute Gasteiger partial charge is 0.393 e. The Morgan fingerprint density at radius 2 is 2.00 bits per heavy atom. The summed E-state index contributed by atoms with van der Waals surface area (Å²) in [6, 6.07) is 8.98. The van der Waals surface area contributed by atoms with Crippen molar-refractivity contribution < 1.29 is 15.0 Å². The number of piperidine rings is 1. The SMILES string of the molecule is CC(C)(C)NC(=O)[C@@H]1C[C@H](O)CCN1C[C@@H](O)[C@@H](N)Cc1ccccc1. The van der Waals surface area contributed by atoms with Crippen LogP contribution in [0, 0.1) is 0 Å². The highest BCUT2D eigenvalue weighted by Gasteiger charge is 2.35. The Bertz CT molecular complexity index is 573. The molecule has 1 aliphatic rings. The molecule has 2 rings (SSSR count). The van der Waals surface area contributed by atoms with Crippen LogP contribution in [0.1, 0.15) is 39.2 Å². The van der Waals surface area contributed by atoms with Crippen molar-refractivity contribution in [2.75, 3.05) is 13.1 Å². The number of likely N-dealkylation sites (tertiary alicyclic amines) is 1. The summed E-state index contributed by atoms with van der Waals surface area (Å²) >= 11 is 0. The lowest BCUT2D eigenvalue weighted by Gasteiger charge is -2.39. The maximum absolute atomic E-state index is 12.6. The standard InChI is InChI=1S/C20H33N3O3/c1-20(2,3)22-19(26)17-12-15(24)9-10-23(17)13-18(25)16(21)11-14-7-5-4-6-8-14/h4-8,15-18,24-25H,9-13,21H2,1-3H3,(H,22,26)/t15-,16+,17+,18-/m1/s1. The van der Waals surface area contributed by atoms with Crippen LogP contribution in [-0.4, -0.2) is 63.9 Å². The van der Waals surface area contributed by atoms with E-state index in [2.05, 4.69) is 5.32 Å². The number of rotatable bonds is 6. The monoisotopic (exact) mass is 363 g/mol. The molecule has 1 aromatic rings. The van der Waals surface area contributed by atoms with Gasteiger partial charge in [0.15, 0.2) is 0 Å². The minimum atomic E-state index is -0.740. The van der Waals surface area contributed by atoms with Gasteiger partial charge < -0.3 is 21.3 Å². The molecule has 0 radical (unpaired) electrons. The van der Waals surface area contributed by atoms with Gasteiger partial charge in [-0.15, -0.1) is 0 Å². The molecular weight excluding hydrogens is 330 g/mol. The van der Waals surface area contributed by atoms with Gasteiger partial charge in [-0.3, -0.25) is 9.69 Å². The van der Waals surface area contributed by atoms with Crippen molar-refractivity contribution in [1.82, 2.24) is 10.2 Å². The molecule has 0 aliphatic carbocycles. The van der Waals surface area contributed by atoms with E-state index in [0.717, 1.165) is 5.56 Å². The average molecular weight is 364 g/mol. The van der Waals surface area contributed by atoms with Crippen LogP contribution < -0.4 is 11.1 Å². The number of benzene rings is 1. The summed E-state index contributed by atoms with van der Waals surface area (Å²) in [5.41, 5.74) is 6.93. The predicted molar refractivity (Wildman–Crippen MR) is 103 cm³/mol. The zero-order valence-corrected chi connectivity index (χ0v) is 16.1. The van der Waals surface area contributed by atoms with E-state index in [9.17, 15) is 15.0 Å². The molecule has 1 aliphatic heterocycles. The van der Waals surface area contributed by atoms with Gasteiger partial charge in [0.05, 0.1) is 18.2 Å². The maximum Gasteiger partial charge on any atom is 0.237 e. The van der Waals surface area contributed by atoms with E-state index in [4.69, 9.17) is 5.73 Å². The summed E-state index contributed by atoms with van der Waals surface area (Å²) in [4.78, 5) is 14.6. The molecule has 1 fully saturated rings. The van der Waals surface area contributed by atoms with E-state index in [-0.39, 0.29) is 11.4 Å². The normalized spacial score (nSPS) is 24.1. The van der Waals surface area contributed by atoms with E-state index in [1.165, 1.54) is 0 Å². The van der Waals surface area contributed by atoms with Gasteiger partial charge in [0.2, 0.25) is 5.91 Å². The third-order valence-corrected chi connectivity index (χ3v) is 4.72. The zero-order valence-electron chi connectivity index (χ0n) is 16.1. The van der Waals surface area contributed by atoms with E-state index >= 15 is 0 Å². The van der Waals surface area contributed by atoms with Crippen LogP contribution in [0.5, 0.6) is 0 Å². The smallest absolute Gasteiger partial charge is 0.237 e.